The zero-order valence-corrected chi connectivity index (χ0v) is 14.0. The van der Waals surface area contributed by atoms with Crippen LogP contribution >= 0.6 is 0 Å². The summed E-state index contributed by atoms with van der Waals surface area (Å²) in [5, 5.41) is 0. The Hall–Kier alpha value is 0.137. The molecule has 0 radical (unpaired) electrons. The van der Waals surface area contributed by atoms with Gasteiger partial charge in [-0.1, -0.05) is 51.9 Å². The molecule has 2 rings (SSSR count). The zero-order chi connectivity index (χ0) is 13.6. The van der Waals surface area contributed by atoms with E-state index in [1.807, 2.05) is 7.11 Å². The second kappa shape index (κ2) is 7.80. The van der Waals surface area contributed by atoms with E-state index in [9.17, 15) is 0 Å². The molecule has 0 aromatic carbocycles. The minimum atomic E-state index is -1.71. The fourth-order valence-electron chi connectivity index (χ4n) is 4.25. The predicted molar refractivity (Wildman–Crippen MR) is 84.7 cm³/mol. The van der Waals surface area contributed by atoms with Gasteiger partial charge in [-0.25, -0.2) is 0 Å². The third kappa shape index (κ3) is 4.05. The molecule has 0 saturated heterocycles. The van der Waals surface area contributed by atoms with Crippen LogP contribution in [0.5, 0.6) is 0 Å². The summed E-state index contributed by atoms with van der Waals surface area (Å²) in [5.41, 5.74) is 0.869. The molecule has 0 heterocycles. The van der Waals surface area contributed by atoms with E-state index in [0.717, 1.165) is 11.6 Å². The molecular weight excluding hydrogens is 250 g/mol. The Labute approximate surface area is 120 Å². The van der Waals surface area contributed by atoms with Crippen LogP contribution < -0.4 is 4.98 Å². The number of nitrogens with one attached hydrogen (secondary N) is 1. The highest BCUT2D eigenvalue weighted by Gasteiger charge is 2.43. The SMILES string of the molecule is CCC[Si](NC1CCCCC1)(OC)C1CCCCC1. The van der Waals surface area contributed by atoms with Crippen molar-refractivity contribution in [1.82, 2.24) is 4.98 Å². The Morgan fingerprint density at radius 3 is 2.05 bits per heavy atom. The molecule has 2 nitrogen and oxygen atoms in total. The summed E-state index contributed by atoms with van der Waals surface area (Å²) in [7, 11) is 0.286. The van der Waals surface area contributed by atoms with Gasteiger partial charge in [-0.2, -0.15) is 0 Å². The van der Waals surface area contributed by atoms with E-state index in [-0.39, 0.29) is 0 Å². The Balaban J connectivity index is 2.02. The van der Waals surface area contributed by atoms with Crippen molar-refractivity contribution in [3.05, 3.63) is 0 Å². The van der Waals surface area contributed by atoms with Gasteiger partial charge in [0.1, 0.15) is 0 Å². The van der Waals surface area contributed by atoms with E-state index in [0.29, 0.717) is 0 Å². The molecule has 0 aromatic heterocycles. The number of hydrogen-bond acceptors (Lipinski definition) is 2. The molecule has 2 aliphatic rings. The summed E-state index contributed by atoms with van der Waals surface area (Å²) < 4.78 is 6.25. The van der Waals surface area contributed by atoms with Crippen LogP contribution in [0.15, 0.2) is 0 Å². The highest BCUT2D eigenvalue weighted by Crippen LogP contribution is 2.39. The zero-order valence-electron chi connectivity index (χ0n) is 13.0. The van der Waals surface area contributed by atoms with Crippen molar-refractivity contribution >= 4 is 8.48 Å². The van der Waals surface area contributed by atoms with Gasteiger partial charge >= 0.3 is 0 Å². The van der Waals surface area contributed by atoms with E-state index in [1.165, 1.54) is 76.7 Å². The molecule has 19 heavy (non-hydrogen) atoms. The minimum absolute atomic E-state index is 0.758. The maximum Gasteiger partial charge on any atom is 0.271 e. The monoisotopic (exact) mass is 283 g/mol. The van der Waals surface area contributed by atoms with Gasteiger partial charge in [0.2, 0.25) is 0 Å². The van der Waals surface area contributed by atoms with Gasteiger partial charge in [-0.05, 0) is 37.3 Å². The molecular formula is C16H33NOSi. The first-order chi connectivity index (χ1) is 9.30. The van der Waals surface area contributed by atoms with Crippen LogP contribution in [0.2, 0.25) is 11.6 Å². The lowest BCUT2D eigenvalue weighted by Gasteiger charge is -2.42. The van der Waals surface area contributed by atoms with E-state index < -0.39 is 8.48 Å². The molecule has 112 valence electrons. The highest BCUT2D eigenvalue weighted by molar-refractivity contribution is 6.72. The largest absolute Gasteiger partial charge is 0.406 e. The molecule has 0 bridgehead atoms. The topological polar surface area (TPSA) is 21.3 Å². The summed E-state index contributed by atoms with van der Waals surface area (Å²) in [4.78, 5) is 4.11. The molecule has 2 aliphatic carbocycles. The fourth-order valence-corrected chi connectivity index (χ4v) is 8.76. The summed E-state index contributed by atoms with van der Waals surface area (Å²) in [6, 6.07) is 2.07. The van der Waals surface area contributed by atoms with Gasteiger partial charge in [0.15, 0.2) is 0 Å². The van der Waals surface area contributed by atoms with Gasteiger partial charge in [0.25, 0.3) is 8.48 Å². The Morgan fingerprint density at radius 2 is 1.53 bits per heavy atom. The molecule has 0 spiro atoms. The summed E-state index contributed by atoms with van der Waals surface area (Å²) in [6.07, 6.45) is 15.5. The van der Waals surface area contributed by atoms with Crippen LogP contribution in [0.3, 0.4) is 0 Å². The van der Waals surface area contributed by atoms with Crippen LogP contribution in [0.1, 0.15) is 77.6 Å². The second-order valence-electron chi connectivity index (χ2n) is 6.66. The molecule has 1 N–H and O–H groups in total. The lowest BCUT2D eigenvalue weighted by Crippen LogP contribution is -2.60. The van der Waals surface area contributed by atoms with Crippen molar-refractivity contribution in [2.75, 3.05) is 7.11 Å². The van der Waals surface area contributed by atoms with Gasteiger partial charge < -0.3 is 9.41 Å². The summed E-state index contributed by atoms with van der Waals surface area (Å²) in [6.45, 7) is 2.33. The predicted octanol–water partition coefficient (Wildman–Crippen LogP) is 4.74. The first-order valence-electron chi connectivity index (χ1n) is 8.63. The lowest BCUT2D eigenvalue weighted by molar-refractivity contribution is 0.309. The van der Waals surface area contributed by atoms with E-state index in [1.54, 1.807) is 0 Å². The first kappa shape index (κ1) is 15.5. The Kier molecular flexibility index (Phi) is 6.37. The third-order valence-corrected chi connectivity index (χ3v) is 10.1. The van der Waals surface area contributed by atoms with Gasteiger partial charge in [0.05, 0.1) is 0 Å². The average Bonchev–Trinajstić information content (AvgIpc) is 2.49. The molecule has 0 aliphatic heterocycles. The fraction of sp³-hybridized carbons (Fsp3) is 1.00. The van der Waals surface area contributed by atoms with E-state index in [2.05, 4.69) is 11.9 Å². The maximum absolute atomic E-state index is 6.25. The standard InChI is InChI=1S/C16H33NOSi/c1-3-14-19(18-2,16-12-8-5-9-13-16)17-15-10-6-4-7-11-15/h15-17H,3-14H2,1-2H3. The minimum Gasteiger partial charge on any atom is -0.406 e. The molecule has 3 heteroatoms. The van der Waals surface area contributed by atoms with E-state index >= 15 is 0 Å². The molecule has 0 amide bonds. The average molecular weight is 284 g/mol. The maximum atomic E-state index is 6.25. The van der Waals surface area contributed by atoms with Crippen LogP contribution in [0.25, 0.3) is 0 Å². The molecule has 2 fully saturated rings. The van der Waals surface area contributed by atoms with Crippen molar-refractivity contribution in [2.24, 2.45) is 0 Å². The van der Waals surface area contributed by atoms with Crippen LogP contribution in [0.4, 0.5) is 0 Å². The Bertz CT molecular complexity index is 249. The van der Waals surface area contributed by atoms with Crippen LogP contribution in [-0.2, 0) is 4.43 Å². The van der Waals surface area contributed by atoms with Gasteiger partial charge in [0, 0.05) is 13.2 Å². The molecule has 0 aromatic rings. The quantitative estimate of drug-likeness (QED) is 0.711. The first-order valence-corrected chi connectivity index (χ1v) is 10.8. The van der Waals surface area contributed by atoms with Crippen molar-refractivity contribution in [3.8, 4) is 0 Å². The van der Waals surface area contributed by atoms with Crippen molar-refractivity contribution in [1.29, 1.82) is 0 Å². The molecule has 2 saturated carbocycles. The summed E-state index contributed by atoms with van der Waals surface area (Å²) in [5.74, 6) is 0. The second-order valence-corrected chi connectivity index (χ2v) is 10.5. The van der Waals surface area contributed by atoms with Crippen LogP contribution in [-0.4, -0.2) is 21.6 Å². The van der Waals surface area contributed by atoms with Crippen molar-refractivity contribution < 1.29 is 4.43 Å². The van der Waals surface area contributed by atoms with Crippen molar-refractivity contribution in [3.63, 3.8) is 0 Å². The van der Waals surface area contributed by atoms with Gasteiger partial charge in [-0.15, -0.1) is 0 Å². The van der Waals surface area contributed by atoms with Gasteiger partial charge in [-0.3, -0.25) is 0 Å². The Morgan fingerprint density at radius 1 is 0.947 bits per heavy atom. The smallest absolute Gasteiger partial charge is 0.271 e. The summed E-state index contributed by atoms with van der Waals surface area (Å²) >= 11 is 0. The normalized spacial score (nSPS) is 26.2. The van der Waals surface area contributed by atoms with Crippen molar-refractivity contribution in [2.45, 2.75) is 95.2 Å². The van der Waals surface area contributed by atoms with E-state index in [4.69, 9.17) is 4.43 Å². The molecule has 1 atom stereocenters. The lowest BCUT2D eigenvalue weighted by atomic mass is 9.96. The number of hydrogen-bond donors (Lipinski definition) is 1. The number of rotatable bonds is 6. The highest BCUT2D eigenvalue weighted by atomic mass is 28.4. The molecule has 1 unspecified atom stereocenters. The van der Waals surface area contributed by atoms with Crippen LogP contribution in [0, 0.1) is 0 Å². The third-order valence-electron chi connectivity index (χ3n) is 5.30.